The van der Waals surface area contributed by atoms with Crippen LogP contribution < -0.4 is 10.6 Å². The van der Waals surface area contributed by atoms with Gasteiger partial charge in [0.1, 0.15) is 5.82 Å². The van der Waals surface area contributed by atoms with Crippen molar-refractivity contribution in [3.63, 3.8) is 0 Å². The predicted molar refractivity (Wildman–Crippen MR) is 84.7 cm³/mol. The molecule has 118 valence electrons. The molecule has 2 fully saturated rings. The van der Waals surface area contributed by atoms with E-state index in [2.05, 4.69) is 28.7 Å². The van der Waals surface area contributed by atoms with Gasteiger partial charge in [0.05, 0.1) is 24.6 Å². The van der Waals surface area contributed by atoms with Gasteiger partial charge < -0.3 is 15.4 Å². The van der Waals surface area contributed by atoms with Crippen molar-refractivity contribution >= 4 is 11.5 Å². The number of anilines is 2. The van der Waals surface area contributed by atoms with Gasteiger partial charge >= 0.3 is 0 Å². The molecule has 6 heteroatoms. The Hall–Kier alpha value is -1.27. The fraction of sp³-hybridized carbons (Fsp3) is 0.800. The summed E-state index contributed by atoms with van der Waals surface area (Å²) in [4.78, 5) is 4.95. The minimum absolute atomic E-state index is 0.364. The van der Waals surface area contributed by atoms with E-state index in [4.69, 9.17) is 10.5 Å². The Bertz CT molecular complexity index is 492. The summed E-state index contributed by atoms with van der Waals surface area (Å²) in [5, 5.41) is 4.61. The van der Waals surface area contributed by atoms with Crippen molar-refractivity contribution in [3.05, 3.63) is 5.69 Å². The highest BCUT2D eigenvalue weighted by Crippen LogP contribution is 2.33. The number of aryl methyl sites for hydroxylation is 1. The van der Waals surface area contributed by atoms with Crippen LogP contribution in [0.5, 0.6) is 0 Å². The van der Waals surface area contributed by atoms with Crippen LogP contribution in [0.25, 0.3) is 0 Å². The molecule has 0 aliphatic carbocycles. The van der Waals surface area contributed by atoms with Crippen LogP contribution in [0.15, 0.2) is 0 Å². The van der Waals surface area contributed by atoms with Crippen LogP contribution in [-0.2, 0) is 11.8 Å². The van der Waals surface area contributed by atoms with Crippen molar-refractivity contribution in [2.24, 2.45) is 7.05 Å². The van der Waals surface area contributed by atoms with E-state index >= 15 is 0 Å². The quantitative estimate of drug-likeness (QED) is 0.902. The van der Waals surface area contributed by atoms with Gasteiger partial charge in [0.25, 0.3) is 0 Å². The van der Waals surface area contributed by atoms with Crippen LogP contribution in [-0.4, -0.2) is 60.1 Å². The lowest BCUT2D eigenvalue weighted by Crippen LogP contribution is -2.44. The monoisotopic (exact) mass is 293 g/mol. The van der Waals surface area contributed by atoms with Crippen molar-refractivity contribution in [1.29, 1.82) is 0 Å². The highest BCUT2D eigenvalue weighted by atomic mass is 16.5. The maximum absolute atomic E-state index is 6.35. The maximum Gasteiger partial charge on any atom is 0.150 e. The molecule has 0 aromatic carbocycles. The molecule has 1 aromatic heterocycles. The van der Waals surface area contributed by atoms with E-state index in [0.29, 0.717) is 12.0 Å². The van der Waals surface area contributed by atoms with E-state index in [1.54, 1.807) is 0 Å². The highest BCUT2D eigenvalue weighted by molar-refractivity contribution is 5.67. The molecular weight excluding hydrogens is 266 g/mol. The van der Waals surface area contributed by atoms with E-state index < -0.39 is 0 Å². The number of nitrogen functional groups attached to an aromatic ring is 1. The van der Waals surface area contributed by atoms with Crippen molar-refractivity contribution in [2.45, 2.75) is 32.2 Å². The number of ether oxygens (including phenoxy) is 1. The largest absolute Gasteiger partial charge is 0.394 e. The van der Waals surface area contributed by atoms with Gasteiger partial charge in [-0.1, -0.05) is 13.8 Å². The molecule has 3 rings (SSSR count). The topological polar surface area (TPSA) is 59.5 Å². The Morgan fingerprint density at radius 1 is 1.24 bits per heavy atom. The number of morpholine rings is 1. The first-order valence-electron chi connectivity index (χ1n) is 7.97. The number of aromatic nitrogens is 2. The standard InChI is InChI=1S/C15H27N5O/c1-11(2)14-13(16)15(18(3)17-14)20-5-4-12(10-20)19-6-8-21-9-7-19/h11-12H,4-10,16H2,1-3H3. The normalized spacial score (nSPS) is 24.2. The van der Waals surface area contributed by atoms with E-state index in [9.17, 15) is 0 Å². The summed E-state index contributed by atoms with van der Waals surface area (Å²) in [5.41, 5.74) is 8.22. The minimum atomic E-state index is 0.364. The first-order valence-corrected chi connectivity index (χ1v) is 7.97. The fourth-order valence-electron chi connectivity index (χ4n) is 3.53. The molecular formula is C15H27N5O. The SMILES string of the molecule is CC(C)c1nn(C)c(N2CCC(N3CCOCC3)C2)c1N. The number of nitrogens with zero attached hydrogens (tertiary/aromatic N) is 4. The minimum Gasteiger partial charge on any atom is -0.394 e. The predicted octanol–water partition coefficient (Wildman–Crippen LogP) is 1.04. The number of hydrogen-bond donors (Lipinski definition) is 1. The Balaban J connectivity index is 1.74. The van der Waals surface area contributed by atoms with E-state index in [1.165, 1.54) is 6.42 Å². The van der Waals surface area contributed by atoms with Gasteiger partial charge in [-0.15, -0.1) is 0 Å². The molecule has 0 radical (unpaired) electrons. The zero-order valence-electron chi connectivity index (χ0n) is 13.4. The summed E-state index contributed by atoms with van der Waals surface area (Å²) in [6.07, 6.45) is 1.20. The maximum atomic E-state index is 6.35. The summed E-state index contributed by atoms with van der Waals surface area (Å²) < 4.78 is 7.40. The van der Waals surface area contributed by atoms with Crippen LogP contribution in [0, 0.1) is 0 Å². The molecule has 0 spiro atoms. The molecule has 6 nitrogen and oxygen atoms in total. The molecule has 1 unspecified atom stereocenters. The molecule has 21 heavy (non-hydrogen) atoms. The van der Waals surface area contributed by atoms with Crippen LogP contribution in [0.1, 0.15) is 31.9 Å². The van der Waals surface area contributed by atoms with Crippen LogP contribution in [0.3, 0.4) is 0 Å². The van der Waals surface area contributed by atoms with Crippen LogP contribution >= 0.6 is 0 Å². The summed E-state index contributed by atoms with van der Waals surface area (Å²) in [6, 6.07) is 0.616. The Morgan fingerprint density at radius 3 is 2.57 bits per heavy atom. The van der Waals surface area contributed by atoms with Gasteiger partial charge in [-0.2, -0.15) is 5.10 Å². The third-order valence-corrected chi connectivity index (χ3v) is 4.65. The van der Waals surface area contributed by atoms with E-state index in [0.717, 1.165) is 56.6 Å². The summed E-state index contributed by atoms with van der Waals surface area (Å²) in [7, 11) is 2.00. The van der Waals surface area contributed by atoms with Gasteiger partial charge in [-0.3, -0.25) is 9.58 Å². The van der Waals surface area contributed by atoms with Gasteiger partial charge in [0.2, 0.25) is 0 Å². The first kappa shape index (κ1) is 14.7. The second kappa shape index (κ2) is 5.85. The van der Waals surface area contributed by atoms with Crippen molar-refractivity contribution < 1.29 is 4.74 Å². The lowest BCUT2D eigenvalue weighted by molar-refractivity contribution is 0.0209. The van der Waals surface area contributed by atoms with Crippen molar-refractivity contribution in [2.75, 3.05) is 50.0 Å². The second-order valence-corrected chi connectivity index (χ2v) is 6.44. The first-order chi connectivity index (χ1) is 10.1. The lowest BCUT2D eigenvalue weighted by Gasteiger charge is -2.32. The molecule has 0 amide bonds. The molecule has 2 N–H and O–H groups in total. The zero-order chi connectivity index (χ0) is 15.0. The number of nitrogens with two attached hydrogens (primary N) is 1. The molecule has 0 saturated carbocycles. The van der Waals surface area contributed by atoms with Gasteiger partial charge in [-0.25, -0.2) is 0 Å². The van der Waals surface area contributed by atoms with Gasteiger partial charge in [-0.05, 0) is 12.3 Å². The fourth-order valence-corrected chi connectivity index (χ4v) is 3.53. The van der Waals surface area contributed by atoms with E-state index in [-0.39, 0.29) is 0 Å². The molecule has 2 aliphatic rings. The molecule has 1 atom stereocenters. The van der Waals surface area contributed by atoms with Crippen molar-refractivity contribution in [3.8, 4) is 0 Å². The van der Waals surface area contributed by atoms with E-state index in [1.807, 2.05) is 11.7 Å². The smallest absolute Gasteiger partial charge is 0.150 e. The average molecular weight is 293 g/mol. The average Bonchev–Trinajstić information content (AvgIpc) is 3.05. The molecule has 0 bridgehead atoms. The Kier molecular flexibility index (Phi) is 4.08. The highest BCUT2D eigenvalue weighted by Gasteiger charge is 2.31. The number of rotatable bonds is 3. The third-order valence-electron chi connectivity index (χ3n) is 4.65. The van der Waals surface area contributed by atoms with Crippen LogP contribution in [0.4, 0.5) is 11.5 Å². The number of hydrogen-bond acceptors (Lipinski definition) is 5. The van der Waals surface area contributed by atoms with Crippen molar-refractivity contribution in [1.82, 2.24) is 14.7 Å². The second-order valence-electron chi connectivity index (χ2n) is 6.44. The third kappa shape index (κ3) is 2.74. The zero-order valence-corrected chi connectivity index (χ0v) is 13.4. The lowest BCUT2D eigenvalue weighted by atomic mass is 10.1. The molecule has 2 aliphatic heterocycles. The molecule has 1 aromatic rings. The van der Waals surface area contributed by atoms with Gasteiger partial charge in [0, 0.05) is 39.3 Å². The summed E-state index contributed by atoms with van der Waals surface area (Å²) >= 11 is 0. The van der Waals surface area contributed by atoms with Crippen LogP contribution in [0.2, 0.25) is 0 Å². The van der Waals surface area contributed by atoms with Gasteiger partial charge in [0.15, 0.2) is 0 Å². The summed E-state index contributed by atoms with van der Waals surface area (Å²) in [6.45, 7) is 10.2. The Morgan fingerprint density at radius 2 is 1.95 bits per heavy atom. The summed E-state index contributed by atoms with van der Waals surface area (Å²) in [5.74, 6) is 1.46. The molecule has 2 saturated heterocycles. The molecule has 3 heterocycles. The Labute approximate surface area is 126 Å².